The number of nitrogens with two attached hydrogens (primary N) is 1. The van der Waals surface area contributed by atoms with Crippen molar-refractivity contribution in [1.82, 2.24) is 5.32 Å². The minimum Gasteiger partial charge on any atom is -0.367 e. The number of carbonyl (C=O) groups is 1. The molecule has 12 heavy (non-hydrogen) atoms. The molecule has 0 bridgehead atoms. The van der Waals surface area contributed by atoms with Crippen LogP contribution >= 0.6 is 0 Å². The van der Waals surface area contributed by atoms with Crippen LogP contribution in [0.4, 0.5) is 0 Å². The number of ketones is 1. The highest BCUT2D eigenvalue weighted by atomic mass is 16.5. The minimum atomic E-state index is -0.404. The highest BCUT2D eigenvalue weighted by molar-refractivity contribution is 5.90. The second kappa shape index (κ2) is 6.11. The molecule has 1 rings (SSSR count). The van der Waals surface area contributed by atoms with Gasteiger partial charge in [0.15, 0.2) is 5.78 Å². The maximum Gasteiger partial charge on any atom is 0.181 e. The van der Waals surface area contributed by atoms with Crippen molar-refractivity contribution >= 4 is 5.78 Å². The molecule has 1 aliphatic rings. The zero-order chi connectivity index (χ0) is 9.56. The minimum absolute atomic E-state index is 0.00866. The summed E-state index contributed by atoms with van der Waals surface area (Å²) in [6.45, 7) is 4.93. The number of hydrogen-bond acceptors (Lipinski definition) is 4. The fourth-order valence-corrected chi connectivity index (χ4v) is 0.968. The lowest BCUT2D eigenvalue weighted by Gasteiger charge is -2.04. The lowest BCUT2D eigenvalue weighted by molar-refractivity contribution is -0.122. The smallest absolute Gasteiger partial charge is 0.181 e. The molecule has 0 spiro atoms. The summed E-state index contributed by atoms with van der Waals surface area (Å²) in [5.41, 5.74) is 5.40. The van der Waals surface area contributed by atoms with Gasteiger partial charge in [-0.1, -0.05) is 13.8 Å². The van der Waals surface area contributed by atoms with Gasteiger partial charge in [0, 0.05) is 6.54 Å². The lowest BCUT2D eigenvalue weighted by atomic mass is 10.1. The van der Waals surface area contributed by atoms with Gasteiger partial charge in [-0.05, 0) is 7.05 Å². The second-order valence-corrected chi connectivity index (χ2v) is 2.39. The highest BCUT2D eigenvalue weighted by Gasteiger charge is 2.31. The number of nitrogens with one attached hydrogen (secondary N) is 1. The normalized spacial score (nSPS) is 28.2. The Morgan fingerprint density at radius 3 is 2.58 bits per heavy atom. The Morgan fingerprint density at radius 2 is 2.25 bits per heavy atom. The lowest BCUT2D eigenvalue weighted by Crippen LogP contribution is -2.35. The zero-order valence-corrected chi connectivity index (χ0v) is 7.96. The number of rotatable bonds is 2. The van der Waals surface area contributed by atoms with Crippen LogP contribution in [0.25, 0.3) is 0 Å². The second-order valence-electron chi connectivity index (χ2n) is 2.39. The number of carbonyl (C=O) groups excluding carboxylic acids is 1. The van der Waals surface area contributed by atoms with Gasteiger partial charge < -0.3 is 15.8 Å². The standard InChI is InChI=1S/C6H12N2O2.C2H6/c1-8-2-5-6(9)4(7)3-10-5;1-2/h4-5,8H,2-3,7H2,1H3;1-2H3. The molecule has 1 fully saturated rings. The number of hydrogen-bond donors (Lipinski definition) is 2. The summed E-state index contributed by atoms with van der Waals surface area (Å²) >= 11 is 0. The third kappa shape index (κ3) is 2.89. The number of likely N-dealkylation sites (N-methyl/N-ethyl adjacent to an activating group) is 1. The van der Waals surface area contributed by atoms with E-state index >= 15 is 0 Å². The molecule has 3 N–H and O–H groups in total. The molecule has 0 aliphatic carbocycles. The van der Waals surface area contributed by atoms with E-state index in [0.29, 0.717) is 13.2 Å². The van der Waals surface area contributed by atoms with E-state index in [1.165, 1.54) is 0 Å². The molecular formula is C8H18N2O2. The summed E-state index contributed by atoms with van der Waals surface area (Å²) in [6.07, 6.45) is -0.319. The SMILES string of the molecule is CC.CNCC1OCC(N)C1=O. The first-order valence-corrected chi connectivity index (χ1v) is 4.31. The van der Waals surface area contributed by atoms with E-state index in [1.807, 2.05) is 13.8 Å². The molecule has 0 aromatic heterocycles. The molecule has 0 amide bonds. The van der Waals surface area contributed by atoms with Gasteiger partial charge in [0.05, 0.1) is 12.6 Å². The van der Waals surface area contributed by atoms with Crippen LogP contribution in [0.3, 0.4) is 0 Å². The molecule has 4 nitrogen and oxygen atoms in total. The van der Waals surface area contributed by atoms with Crippen LogP contribution in [0.5, 0.6) is 0 Å². The molecular weight excluding hydrogens is 156 g/mol. The van der Waals surface area contributed by atoms with Crippen molar-refractivity contribution in [1.29, 1.82) is 0 Å². The molecule has 2 atom stereocenters. The summed E-state index contributed by atoms with van der Waals surface area (Å²) in [7, 11) is 1.78. The fourth-order valence-electron chi connectivity index (χ4n) is 0.968. The maximum atomic E-state index is 11.0. The van der Waals surface area contributed by atoms with Gasteiger partial charge in [-0.3, -0.25) is 4.79 Å². The van der Waals surface area contributed by atoms with Crippen molar-refractivity contribution in [3.8, 4) is 0 Å². The van der Waals surface area contributed by atoms with E-state index in [9.17, 15) is 4.79 Å². The molecule has 1 aliphatic heterocycles. The summed E-state index contributed by atoms with van der Waals surface area (Å²) < 4.78 is 5.08. The summed E-state index contributed by atoms with van der Waals surface area (Å²) in [4.78, 5) is 11.0. The van der Waals surface area contributed by atoms with E-state index in [0.717, 1.165) is 0 Å². The monoisotopic (exact) mass is 174 g/mol. The van der Waals surface area contributed by atoms with Gasteiger partial charge in [-0.2, -0.15) is 0 Å². The molecule has 2 unspecified atom stereocenters. The molecule has 0 aromatic carbocycles. The summed E-state index contributed by atoms with van der Waals surface area (Å²) in [5.74, 6) is 0.00866. The van der Waals surface area contributed by atoms with Crippen LogP contribution in [-0.4, -0.2) is 38.1 Å². The van der Waals surface area contributed by atoms with E-state index in [2.05, 4.69) is 5.32 Å². The third-order valence-electron chi connectivity index (χ3n) is 1.55. The van der Waals surface area contributed by atoms with E-state index in [1.54, 1.807) is 7.05 Å². The van der Waals surface area contributed by atoms with Gasteiger partial charge in [0.25, 0.3) is 0 Å². The number of ether oxygens (including phenoxy) is 1. The third-order valence-corrected chi connectivity index (χ3v) is 1.55. The van der Waals surface area contributed by atoms with Gasteiger partial charge in [-0.15, -0.1) is 0 Å². The quantitative estimate of drug-likeness (QED) is 0.594. The van der Waals surface area contributed by atoms with Crippen LogP contribution in [0.1, 0.15) is 13.8 Å². The van der Waals surface area contributed by atoms with E-state index in [4.69, 9.17) is 10.5 Å². The Bertz CT molecular complexity index is 137. The molecule has 1 saturated heterocycles. The molecule has 0 saturated carbocycles. The topological polar surface area (TPSA) is 64.3 Å². The average molecular weight is 174 g/mol. The van der Waals surface area contributed by atoms with Crippen molar-refractivity contribution in [2.45, 2.75) is 26.0 Å². The predicted octanol–water partition coefficient (Wildman–Crippen LogP) is -0.473. The van der Waals surface area contributed by atoms with Crippen molar-refractivity contribution in [3.63, 3.8) is 0 Å². The zero-order valence-electron chi connectivity index (χ0n) is 7.96. The van der Waals surface area contributed by atoms with Gasteiger partial charge >= 0.3 is 0 Å². The molecule has 4 heteroatoms. The van der Waals surface area contributed by atoms with Crippen LogP contribution in [-0.2, 0) is 9.53 Å². The van der Waals surface area contributed by atoms with E-state index < -0.39 is 6.04 Å². The summed E-state index contributed by atoms with van der Waals surface area (Å²) in [5, 5.41) is 2.86. The molecule has 0 radical (unpaired) electrons. The Labute approximate surface area is 73.5 Å². The predicted molar refractivity (Wildman–Crippen MR) is 48.0 cm³/mol. The van der Waals surface area contributed by atoms with Crippen molar-refractivity contribution in [3.05, 3.63) is 0 Å². The molecule has 72 valence electrons. The van der Waals surface area contributed by atoms with Crippen LogP contribution in [0.15, 0.2) is 0 Å². The van der Waals surface area contributed by atoms with Crippen LogP contribution < -0.4 is 11.1 Å². The first-order valence-electron chi connectivity index (χ1n) is 4.31. The number of Topliss-reactive ketones (excluding diaryl/α,β-unsaturated/α-hetero) is 1. The average Bonchev–Trinajstić information content (AvgIpc) is 2.41. The Kier molecular flexibility index (Phi) is 5.88. The van der Waals surface area contributed by atoms with Crippen LogP contribution in [0, 0.1) is 0 Å². The Hall–Kier alpha value is -0.450. The maximum absolute atomic E-state index is 11.0. The van der Waals surface area contributed by atoms with Crippen molar-refractivity contribution in [2.75, 3.05) is 20.2 Å². The Morgan fingerprint density at radius 1 is 1.67 bits per heavy atom. The van der Waals surface area contributed by atoms with Gasteiger partial charge in [0.1, 0.15) is 6.10 Å². The van der Waals surface area contributed by atoms with Gasteiger partial charge in [0.2, 0.25) is 0 Å². The first-order chi connectivity index (χ1) is 5.75. The fraction of sp³-hybridized carbons (Fsp3) is 0.875. The van der Waals surface area contributed by atoms with Crippen molar-refractivity contribution < 1.29 is 9.53 Å². The van der Waals surface area contributed by atoms with Gasteiger partial charge in [-0.25, -0.2) is 0 Å². The first kappa shape index (κ1) is 11.6. The van der Waals surface area contributed by atoms with Crippen LogP contribution in [0.2, 0.25) is 0 Å². The largest absolute Gasteiger partial charge is 0.367 e. The molecule has 1 heterocycles. The van der Waals surface area contributed by atoms with E-state index in [-0.39, 0.29) is 11.9 Å². The molecule has 0 aromatic rings. The summed E-state index contributed by atoms with van der Waals surface area (Å²) in [6, 6.07) is -0.404. The Balaban J connectivity index is 0.000000561. The highest BCUT2D eigenvalue weighted by Crippen LogP contribution is 2.05. The van der Waals surface area contributed by atoms with Crippen molar-refractivity contribution in [2.24, 2.45) is 5.73 Å².